The third-order valence-corrected chi connectivity index (χ3v) is 4.63. The molecule has 0 bridgehead atoms. The monoisotopic (exact) mass is 367 g/mol. The lowest BCUT2D eigenvalue weighted by Crippen LogP contribution is -2.20. The van der Waals surface area contributed by atoms with Gasteiger partial charge in [0.05, 0.1) is 26.1 Å². The molecule has 0 aliphatic carbocycles. The van der Waals surface area contributed by atoms with Crippen LogP contribution in [0.3, 0.4) is 0 Å². The topological polar surface area (TPSA) is 74.1 Å². The van der Waals surface area contributed by atoms with Gasteiger partial charge in [-0.05, 0) is 43.3 Å². The quantitative estimate of drug-likeness (QED) is 0.745. The highest BCUT2D eigenvalue weighted by molar-refractivity contribution is 5.65. The van der Waals surface area contributed by atoms with Crippen molar-refractivity contribution >= 4 is 5.65 Å². The van der Waals surface area contributed by atoms with E-state index in [2.05, 4.69) is 10.3 Å². The minimum absolute atomic E-state index is 0.136. The number of fused-ring (bicyclic) bond motifs is 1. The molecule has 2 aromatic heterocycles. The zero-order valence-electron chi connectivity index (χ0n) is 15.3. The highest BCUT2D eigenvalue weighted by atomic mass is 16.5. The molecule has 0 saturated carbocycles. The molecule has 7 heteroatoms. The van der Waals surface area contributed by atoms with Gasteiger partial charge in [-0.1, -0.05) is 0 Å². The minimum atomic E-state index is -0.167. The van der Waals surface area contributed by atoms with Crippen molar-refractivity contribution in [1.29, 1.82) is 0 Å². The molecule has 27 heavy (non-hydrogen) atoms. The van der Waals surface area contributed by atoms with Crippen molar-refractivity contribution in [2.75, 3.05) is 27.3 Å². The smallest absolute Gasteiger partial charge is 0.258 e. The van der Waals surface area contributed by atoms with Crippen LogP contribution >= 0.6 is 0 Å². The van der Waals surface area contributed by atoms with E-state index in [-0.39, 0.29) is 11.7 Å². The minimum Gasteiger partial charge on any atom is -0.493 e. The summed E-state index contributed by atoms with van der Waals surface area (Å²) in [7, 11) is 3.16. The molecule has 1 aliphatic rings. The maximum Gasteiger partial charge on any atom is 0.258 e. The largest absolute Gasteiger partial charge is 0.493 e. The van der Waals surface area contributed by atoms with E-state index in [1.54, 1.807) is 32.5 Å². The molecule has 4 rings (SSSR count). The van der Waals surface area contributed by atoms with Crippen LogP contribution in [0.2, 0.25) is 0 Å². The van der Waals surface area contributed by atoms with Gasteiger partial charge in [0, 0.05) is 18.2 Å². The van der Waals surface area contributed by atoms with Crippen molar-refractivity contribution in [3.05, 3.63) is 52.9 Å². The Bertz CT molecular complexity index is 1030. The Morgan fingerprint density at radius 2 is 1.96 bits per heavy atom. The Labute approximate surface area is 156 Å². The van der Waals surface area contributed by atoms with Crippen LogP contribution in [0.5, 0.6) is 17.2 Å². The molecule has 1 saturated heterocycles. The van der Waals surface area contributed by atoms with Gasteiger partial charge in [0.25, 0.3) is 5.56 Å². The van der Waals surface area contributed by atoms with Crippen LogP contribution in [-0.2, 0) is 0 Å². The van der Waals surface area contributed by atoms with Crippen molar-refractivity contribution in [1.82, 2.24) is 14.7 Å². The first-order valence-corrected chi connectivity index (χ1v) is 8.81. The van der Waals surface area contributed by atoms with Gasteiger partial charge in [0.15, 0.2) is 11.5 Å². The third kappa shape index (κ3) is 3.46. The van der Waals surface area contributed by atoms with E-state index in [1.807, 2.05) is 18.2 Å². The Hall–Kier alpha value is -3.06. The van der Waals surface area contributed by atoms with E-state index in [0.29, 0.717) is 28.6 Å². The van der Waals surface area contributed by atoms with Gasteiger partial charge in [0.1, 0.15) is 17.5 Å². The van der Waals surface area contributed by atoms with E-state index in [9.17, 15) is 4.79 Å². The SMILES string of the molecule is COc1ccc(-c2cc(=O)n3cc(O[C@H]4CCNC4)ccc3n2)cc1OC. The summed E-state index contributed by atoms with van der Waals surface area (Å²) in [6, 6.07) is 10.6. The first-order chi connectivity index (χ1) is 13.2. The zero-order valence-corrected chi connectivity index (χ0v) is 15.3. The van der Waals surface area contributed by atoms with E-state index in [0.717, 1.165) is 25.1 Å². The summed E-state index contributed by atoms with van der Waals surface area (Å²) in [5.41, 5.74) is 1.75. The van der Waals surface area contributed by atoms with Gasteiger partial charge in [-0.3, -0.25) is 9.20 Å². The van der Waals surface area contributed by atoms with Crippen LogP contribution in [0.1, 0.15) is 6.42 Å². The highest BCUT2D eigenvalue weighted by Gasteiger charge is 2.16. The molecule has 1 aliphatic heterocycles. The molecular formula is C20H21N3O4. The number of nitrogens with zero attached hydrogens (tertiary/aromatic N) is 2. The number of aromatic nitrogens is 2. The van der Waals surface area contributed by atoms with Crippen LogP contribution in [-0.4, -0.2) is 42.8 Å². The number of hydrogen-bond acceptors (Lipinski definition) is 6. The Balaban J connectivity index is 1.70. The summed E-state index contributed by atoms with van der Waals surface area (Å²) in [4.78, 5) is 17.2. The van der Waals surface area contributed by atoms with Crippen LogP contribution < -0.4 is 25.1 Å². The van der Waals surface area contributed by atoms with Crippen LogP contribution in [0.25, 0.3) is 16.9 Å². The van der Waals surface area contributed by atoms with Crippen molar-refractivity contribution in [2.45, 2.75) is 12.5 Å². The van der Waals surface area contributed by atoms with E-state index in [1.165, 1.54) is 10.5 Å². The molecule has 1 fully saturated rings. The van der Waals surface area contributed by atoms with Crippen molar-refractivity contribution in [2.24, 2.45) is 0 Å². The second kappa shape index (κ2) is 7.28. The molecular weight excluding hydrogens is 346 g/mol. The Morgan fingerprint density at radius 3 is 2.70 bits per heavy atom. The van der Waals surface area contributed by atoms with Gasteiger partial charge >= 0.3 is 0 Å². The second-order valence-corrected chi connectivity index (χ2v) is 6.38. The van der Waals surface area contributed by atoms with Crippen LogP contribution in [0.15, 0.2) is 47.4 Å². The number of ether oxygens (including phenoxy) is 3. The lowest BCUT2D eigenvalue weighted by Gasteiger charge is -2.13. The van der Waals surface area contributed by atoms with Crippen LogP contribution in [0.4, 0.5) is 0 Å². The maximum absolute atomic E-state index is 12.6. The summed E-state index contributed by atoms with van der Waals surface area (Å²) in [6.45, 7) is 1.78. The molecule has 1 N–H and O–H groups in total. The first-order valence-electron chi connectivity index (χ1n) is 8.81. The van der Waals surface area contributed by atoms with Gasteiger partial charge < -0.3 is 19.5 Å². The highest BCUT2D eigenvalue weighted by Crippen LogP contribution is 2.31. The second-order valence-electron chi connectivity index (χ2n) is 6.38. The molecule has 3 heterocycles. The number of benzene rings is 1. The molecule has 0 radical (unpaired) electrons. The standard InChI is InChI=1S/C20H21N3O4/c1-25-17-5-3-13(9-18(17)26-2)16-10-20(24)23-12-15(4-6-19(23)22-16)27-14-7-8-21-11-14/h3-6,9-10,12,14,21H,7-8,11H2,1-2H3/t14-/m0/s1. The van der Waals surface area contributed by atoms with E-state index >= 15 is 0 Å². The number of rotatable bonds is 5. The summed E-state index contributed by atoms with van der Waals surface area (Å²) in [5.74, 6) is 1.88. The number of hydrogen-bond donors (Lipinski definition) is 1. The van der Waals surface area contributed by atoms with Crippen LogP contribution in [0, 0.1) is 0 Å². The number of nitrogens with one attached hydrogen (secondary N) is 1. The summed E-state index contributed by atoms with van der Waals surface area (Å²) < 4.78 is 18.0. The molecule has 0 spiro atoms. The fourth-order valence-electron chi connectivity index (χ4n) is 3.22. The summed E-state index contributed by atoms with van der Waals surface area (Å²) in [5, 5.41) is 3.26. The van der Waals surface area contributed by atoms with Gasteiger partial charge in [-0.2, -0.15) is 0 Å². The summed E-state index contributed by atoms with van der Waals surface area (Å²) >= 11 is 0. The van der Waals surface area contributed by atoms with Crippen molar-refractivity contribution in [3.8, 4) is 28.5 Å². The summed E-state index contributed by atoms with van der Waals surface area (Å²) in [6.07, 6.45) is 2.79. The van der Waals surface area contributed by atoms with E-state index < -0.39 is 0 Å². The first kappa shape index (κ1) is 17.4. The molecule has 1 atom stereocenters. The van der Waals surface area contributed by atoms with Gasteiger partial charge in [-0.25, -0.2) is 4.98 Å². The zero-order chi connectivity index (χ0) is 18.8. The predicted molar refractivity (Wildman–Crippen MR) is 102 cm³/mol. The Kier molecular flexibility index (Phi) is 4.68. The number of methoxy groups -OCH3 is 2. The van der Waals surface area contributed by atoms with Gasteiger partial charge in [0.2, 0.25) is 0 Å². The number of pyridine rings is 1. The lowest BCUT2D eigenvalue weighted by molar-refractivity contribution is 0.222. The molecule has 140 valence electrons. The third-order valence-electron chi connectivity index (χ3n) is 4.63. The van der Waals surface area contributed by atoms with Crippen molar-refractivity contribution in [3.63, 3.8) is 0 Å². The normalized spacial score (nSPS) is 16.4. The van der Waals surface area contributed by atoms with E-state index in [4.69, 9.17) is 14.2 Å². The molecule has 0 unspecified atom stereocenters. The maximum atomic E-state index is 12.6. The average molecular weight is 367 g/mol. The average Bonchev–Trinajstić information content (AvgIpc) is 3.20. The molecule has 3 aromatic rings. The van der Waals surface area contributed by atoms with Gasteiger partial charge in [-0.15, -0.1) is 0 Å². The lowest BCUT2D eigenvalue weighted by atomic mass is 10.1. The van der Waals surface area contributed by atoms with Crippen molar-refractivity contribution < 1.29 is 14.2 Å². The molecule has 7 nitrogen and oxygen atoms in total. The predicted octanol–water partition coefficient (Wildman–Crippen LogP) is 2.12. The fourth-order valence-corrected chi connectivity index (χ4v) is 3.22. The molecule has 1 aromatic carbocycles. The Morgan fingerprint density at radius 1 is 1.11 bits per heavy atom. The molecule has 0 amide bonds. The fraction of sp³-hybridized carbons (Fsp3) is 0.300.